The van der Waals surface area contributed by atoms with Crippen LogP contribution in [0.5, 0.6) is 0 Å². The van der Waals surface area contributed by atoms with Crippen molar-refractivity contribution in [3.05, 3.63) is 43.0 Å². The monoisotopic (exact) mass is 238 g/mol. The van der Waals surface area contributed by atoms with Crippen LogP contribution < -0.4 is 0 Å². The van der Waals surface area contributed by atoms with Gasteiger partial charge in [-0.2, -0.15) is 4.39 Å². The van der Waals surface area contributed by atoms with E-state index in [2.05, 4.69) is 0 Å². The summed E-state index contributed by atoms with van der Waals surface area (Å²) in [4.78, 5) is 18.0. The van der Waals surface area contributed by atoms with Gasteiger partial charge in [0.25, 0.3) is 0 Å². The standard InChI is InChI=1S/C6HClF2N2O4/c7-2-1-3(10(12)13)6(11(14)15)5(9)4(2)8/h1H. The van der Waals surface area contributed by atoms with Gasteiger partial charge < -0.3 is 0 Å². The molecule has 0 spiro atoms. The van der Waals surface area contributed by atoms with E-state index in [0.29, 0.717) is 6.07 Å². The van der Waals surface area contributed by atoms with Gasteiger partial charge in [0.1, 0.15) is 0 Å². The van der Waals surface area contributed by atoms with Crippen LogP contribution in [0.3, 0.4) is 0 Å². The highest BCUT2D eigenvalue weighted by atomic mass is 35.5. The molecule has 0 aliphatic carbocycles. The predicted molar refractivity (Wildman–Crippen MR) is 44.7 cm³/mol. The summed E-state index contributed by atoms with van der Waals surface area (Å²) in [7, 11) is 0. The van der Waals surface area contributed by atoms with Crippen molar-refractivity contribution in [3.8, 4) is 0 Å². The second-order valence-electron chi connectivity index (χ2n) is 2.37. The molecule has 6 nitrogen and oxygen atoms in total. The van der Waals surface area contributed by atoms with Gasteiger partial charge in [-0.25, -0.2) is 4.39 Å². The summed E-state index contributed by atoms with van der Waals surface area (Å²) in [6.07, 6.45) is 0. The summed E-state index contributed by atoms with van der Waals surface area (Å²) in [6, 6.07) is 0.387. The average Bonchev–Trinajstić information content (AvgIpc) is 2.12. The predicted octanol–water partition coefficient (Wildman–Crippen LogP) is 2.43. The molecule has 0 aliphatic heterocycles. The molecule has 15 heavy (non-hydrogen) atoms. The SMILES string of the molecule is O=[N+]([O-])c1cc(Cl)c(F)c(F)c1[N+](=O)[O-]. The lowest BCUT2D eigenvalue weighted by atomic mass is 10.2. The first kappa shape index (κ1) is 11.2. The molecule has 0 radical (unpaired) electrons. The zero-order valence-corrected chi connectivity index (χ0v) is 7.49. The summed E-state index contributed by atoms with van der Waals surface area (Å²) in [6.45, 7) is 0. The Morgan fingerprint density at radius 2 is 1.67 bits per heavy atom. The lowest BCUT2D eigenvalue weighted by Crippen LogP contribution is -2.02. The minimum absolute atomic E-state index is 0.387. The number of nitro benzene ring substituents is 2. The number of nitro groups is 2. The van der Waals surface area contributed by atoms with Crippen molar-refractivity contribution in [1.82, 2.24) is 0 Å². The van der Waals surface area contributed by atoms with Gasteiger partial charge in [-0.1, -0.05) is 11.6 Å². The van der Waals surface area contributed by atoms with Crippen molar-refractivity contribution >= 4 is 23.0 Å². The molecule has 0 saturated heterocycles. The summed E-state index contributed by atoms with van der Waals surface area (Å²) < 4.78 is 25.7. The van der Waals surface area contributed by atoms with E-state index < -0.39 is 37.9 Å². The van der Waals surface area contributed by atoms with Crippen molar-refractivity contribution in [1.29, 1.82) is 0 Å². The van der Waals surface area contributed by atoms with E-state index in [-0.39, 0.29) is 0 Å². The second kappa shape index (κ2) is 3.73. The van der Waals surface area contributed by atoms with E-state index >= 15 is 0 Å². The smallest absolute Gasteiger partial charge is 0.258 e. The molecule has 1 aromatic rings. The number of nitrogens with zero attached hydrogens (tertiary/aromatic N) is 2. The van der Waals surface area contributed by atoms with Crippen LogP contribution in [-0.4, -0.2) is 9.85 Å². The number of rotatable bonds is 2. The first-order valence-electron chi connectivity index (χ1n) is 3.32. The largest absolute Gasteiger partial charge is 0.384 e. The zero-order valence-electron chi connectivity index (χ0n) is 6.74. The molecule has 0 aliphatic rings. The normalized spacial score (nSPS) is 10.1. The van der Waals surface area contributed by atoms with Crippen molar-refractivity contribution in [2.75, 3.05) is 0 Å². The minimum atomic E-state index is -1.95. The Balaban J connectivity index is 3.65. The number of benzene rings is 1. The summed E-state index contributed by atoms with van der Waals surface area (Å²) in [5.74, 6) is -3.63. The molecule has 0 atom stereocenters. The molecule has 0 amide bonds. The Morgan fingerprint density at radius 1 is 1.13 bits per heavy atom. The molecular formula is C6HClF2N2O4. The minimum Gasteiger partial charge on any atom is -0.258 e. The van der Waals surface area contributed by atoms with Crippen LogP contribution >= 0.6 is 11.6 Å². The molecule has 80 valence electrons. The summed E-state index contributed by atoms with van der Waals surface area (Å²) in [5.41, 5.74) is -2.73. The van der Waals surface area contributed by atoms with Gasteiger partial charge in [-0.3, -0.25) is 20.2 Å². The first-order chi connectivity index (χ1) is 6.86. The van der Waals surface area contributed by atoms with Gasteiger partial charge in [0, 0.05) is 6.07 Å². The quantitative estimate of drug-likeness (QED) is 0.450. The lowest BCUT2D eigenvalue weighted by Gasteiger charge is -1.98. The zero-order chi connectivity index (χ0) is 11.7. The van der Waals surface area contributed by atoms with E-state index in [4.69, 9.17) is 11.6 Å². The molecule has 9 heteroatoms. The maximum Gasteiger partial charge on any atom is 0.384 e. The Kier molecular flexibility index (Phi) is 2.80. The van der Waals surface area contributed by atoms with Gasteiger partial charge in [-0.15, -0.1) is 0 Å². The topological polar surface area (TPSA) is 86.3 Å². The van der Waals surface area contributed by atoms with Gasteiger partial charge in [0.15, 0.2) is 5.82 Å². The third-order valence-corrected chi connectivity index (χ3v) is 1.77. The second-order valence-corrected chi connectivity index (χ2v) is 2.78. The molecule has 0 heterocycles. The van der Waals surface area contributed by atoms with E-state index in [1.165, 1.54) is 0 Å². The van der Waals surface area contributed by atoms with E-state index in [0.717, 1.165) is 0 Å². The number of hydrogen-bond acceptors (Lipinski definition) is 4. The first-order valence-corrected chi connectivity index (χ1v) is 3.70. The van der Waals surface area contributed by atoms with Crippen LogP contribution in [0.1, 0.15) is 0 Å². The van der Waals surface area contributed by atoms with E-state index in [9.17, 15) is 29.0 Å². The van der Waals surface area contributed by atoms with Gasteiger partial charge >= 0.3 is 11.4 Å². The Hall–Kier alpha value is -1.83. The molecule has 0 fully saturated rings. The summed E-state index contributed by atoms with van der Waals surface area (Å²) >= 11 is 5.10. The Morgan fingerprint density at radius 3 is 2.07 bits per heavy atom. The third kappa shape index (κ3) is 1.84. The lowest BCUT2D eigenvalue weighted by molar-refractivity contribution is -0.424. The van der Waals surface area contributed by atoms with Crippen LogP contribution in [0.2, 0.25) is 5.02 Å². The van der Waals surface area contributed by atoms with Crippen LogP contribution in [0.4, 0.5) is 20.2 Å². The Labute approximate surface area is 85.4 Å². The van der Waals surface area contributed by atoms with Crippen LogP contribution in [0, 0.1) is 31.9 Å². The summed E-state index contributed by atoms with van der Waals surface area (Å²) in [5, 5.41) is 19.7. The highest BCUT2D eigenvalue weighted by Crippen LogP contribution is 2.35. The average molecular weight is 239 g/mol. The fourth-order valence-electron chi connectivity index (χ4n) is 0.886. The van der Waals surface area contributed by atoms with Crippen LogP contribution in [0.25, 0.3) is 0 Å². The molecule has 0 unspecified atom stereocenters. The van der Waals surface area contributed by atoms with Crippen molar-refractivity contribution in [3.63, 3.8) is 0 Å². The molecular weight excluding hydrogens is 238 g/mol. The van der Waals surface area contributed by atoms with Crippen LogP contribution in [-0.2, 0) is 0 Å². The molecule has 1 aromatic carbocycles. The van der Waals surface area contributed by atoms with Crippen molar-refractivity contribution in [2.24, 2.45) is 0 Å². The van der Waals surface area contributed by atoms with E-state index in [1.807, 2.05) is 0 Å². The maximum atomic E-state index is 12.9. The maximum absolute atomic E-state index is 12.9. The van der Waals surface area contributed by atoms with Crippen molar-refractivity contribution < 1.29 is 18.6 Å². The highest BCUT2D eigenvalue weighted by molar-refractivity contribution is 6.31. The molecule has 0 aromatic heterocycles. The molecule has 0 saturated carbocycles. The molecule has 0 N–H and O–H groups in total. The van der Waals surface area contributed by atoms with Crippen LogP contribution in [0.15, 0.2) is 6.07 Å². The van der Waals surface area contributed by atoms with Gasteiger partial charge in [0.05, 0.1) is 14.9 Å². The van der Waals surface area contributed by atoms with E-state index in [1.54, 1.807) is 0 Å². The highest BCUT2D eigenvalue weighted by Gasteiger charge is 2.33. The van der Waals surface area contributed by atoms with Gasteiger partial charge in [-0.05, 0) is 0 Å². The molecule has 0 bridgehead atoms. The fraction of sp³-hybridized carbons (Fsp3) is 0. The van der Waals surface area contributed by atoms with Crippen molar-refractivity contribution in [2.45, 2.75) is 0 Å². The number of hydrogen-bond donors (Lipinski definition) is 0. The fourth-order valence-corrected chi connectivity index (χ4v) is 1.07. The molecule has 1 rings (SSSR count). The number of halogens is 3. The van der Waals surface area contributed by atoms with Gasteiger partial charge in [0.2, 0.25) is 5.82 Å². The Bertz CT molecular complexity index is 465. The third-order valence-electron chi connectivity index (χ3n) is 1.50.